The maximum Gasteiger partial charge on any atom is 0.239 e. The highest BCUT2D eigenvalue weighted by Gasteiger charge is 2.21. The second-order valence-electron chi connectivity index (χ2n) is 5.26. The van der Waals surface area contributed by atoms with E-state index in [0.717, 1.165) is 11.9 Å². The van der Waals surface area contributed by atoms with Gasteiger partial charge in [-0.05, 0) is 52.9 Å². The van der Waals surface area contributed by atoms with Gasteiger partial charge in [-0.25, -0.2) is 9.37 Å². The summed E-state index contributed by atoms with van der Waals surface area (Å²) in [5.41, 5.74) is 0.555. The lowest BCUT2D eigenvalue weighted by molar-refractivity contribution is -0.119. The van der Waals surface area contributed by atoms with E-state index in [1.54, 1.807) is 12.1 Å². The second kappa shape index (κ2) is 5.97. The first-order valence-electron chi connectivity index (χ1n) is 6.88. The molecule has 1 aromatic heterocycles. The number of carbonyl (C=O) groups is 1. The molecule has 1 amide bonds. The van der Waals surface area contributed by atoms with E-state index >= 15 is 0 Å². The lowest BCUT2D eigenvalue weighted by Gasteiger charge is -2.08. The van der Waals surface area contributed by atoms with Crippen LogP contribution in [0.25, 0.3) is 10.9 Å². The zero-order valence-electron chi connectivity index (χ0n) is 11.3. The predicted molar refractivity (Wildman–Crippen MR) is 83.6 cm³/mol. The molecule has 2 aromatic rings. The largest absolute Gasteiger partial charge is 0.361 e. The van der Waals surface area contributed by atoms with E-state index in [1.807, 2.05) is 6.07 Å². The van der Waals surface area contributed by atoms with E-state index in [4.69, 9.17) is 0 Å². The van der Waals surface area contributed by atoms with Crippen molar-refractivity contribution < 1.29 is 9.18 Å². The number of benzene rings is 1. The average molecular weight is 352 g/mol. The van der Waals surface area contributed by atoms with Crippen molar-refractivity contribution >= 4 is 38.6 Å². The van der Waals surface area contributed by atoms with E-state index in [2.05, 4.69) is 31.5 Å². The van der Waals surface area contributed by atoms with E-state index in [1.165, 1.54) is 18.9 Å². The van der Waals surface area contributed by atoms with Crippen molar-refractivity contribution in [1.29, 1.82) is 0 Å². The number of fused-ring (bicyclic) bond motifs is 1. The Bertz CT molecular complexity index is 688. The van der Waals surface area contributed by atoms with Gasteiger partial charge < -0.3 is 10.6 Å². The molecule has 21 heavy (non-hydrogen) atoms. The number of hydrogen-bond acceptors (Lipinski definition) is 3. The van der Waals surface area contributed by atoms with Crippen molar-refractivity contribution in [3.05, 3.63) is 34.6 Å². The van der Waals surface area contributed by atoms with Gasteiger partial charge in [-0.3, -0.25) is 4.79 Å². The molecule has 0 bridgehead atoms. The molecule has 1 aliphatic rings. The minimum atomic E-state index is -0.352. The van der Waals surface area contributed by atoms with Crippen LogP contribution in [0.15, 0.2) is 28.7 Å². The molecule has 4 nitrogen and oxygen atoms in total. The number of halogens is 2. The molecular formula is C15H15BrFN3O. The highest BCUT2D eigenvalue weighted by molar-refractivity contribution is 9.10. The van der Waals surface area contributed by atoms with Gasteiger partial charge in [0.25, 0.3) is 0 Å². The van der Waals surface area contributed by atoms with Crippen LogP contribution in [0.1, 0.15) is 12.8 Å². The van der Waals surface area contributed by atoms with Crippen molar-refractivity contribution in [2.75, 3.05) is 18.4 Å². The fraction of sp³-hybridized carbons (Fsp3) is 0.333. The van der Waals surface area contributed by atoms with Gasteiger partial charge in [0, 0.05) is 18.0 Å². The summed E-state index contributed by atoms with van der Waals surface area (Å²) in [5.74, 6) is 0.820. The van der Waals surface area contributed by atoms with E-state index in [-0.39, 0.29) is 18.3 Å². The third-order valence-electron chi connectivity index (χ3n) is 3.45. The molecule has 0 aliphatic heterocycles. The molecule has 0 radical (unpaired) electrons. The third kappa shape index (κ3) is 3.69. The van der Waals surface area contributed by atoms with Crippen LogP contribution < -0.4 is 10.6 Å². The van der Waals surface area contributed by atoms with Gasteiger partial charge in [-0.15, -0.1) is 0 Å². The number of anilines is 1. The van der Waals surface area contributed by atoms with Crippen LogP contribution in [0.2, 0.25) is 0 Å². The van der Waals surface area contributed by atoms with Gasteiger partial charge >= 0.3 is 0 Å². The van der Waals surface area contributed by atoms with Gasteiger partial charge in [0.05, 0.1) is 16.5 Å². The van der Waals surface area contributed by atoms with Crippen molar-refractivity contribution in [2.24, 2.45) is 5.92 Å². The number of hydrogen-bond donors (Lipinski definition) is 2. The first-order chi connectivity index (χ1) is 10.1. The summed E-state index contributed by atoms with van der Waals surface area (Å²) in [6.07, 6.45) is 2.42. The zero-order valence-corrected chi connectivity index (χ0v) is 12.9. The Kier molecular flexibility index (Phi) is 4.05. The molecule has 0 saturated heterocycles. The monoisotopic (exact) mass is 351 g/mol. The minimum absolute atomic E-state index is 0.0502. The van der Waals surface area contributed by atoms with E-state index < -0.39 is 0 Å². The van der Waals surface area contributed by atoms with E-state index in [9.17, 15) is 9.18 Å². The molecule has 2 N–H and O–H groups in total. The second-order valence-corrected chi connectivity index (χ2v) is 6.11. The van der Waals surface area contributed by atoms with Crippen LogP contribution in [0.5, 0.6) is 0 Å². The molecule has 1 aliphatic carbocycles. The van der Waals surface area contributed by atoms with Crippen LogP contribution in [-0.4, -0.2) is 24.0 Å². The third-order valence-corrected chi connectivity index (χ3v) is 4.05. The Morgan fingerprint density at radius 1 is 1.38 bits per heavy atom. The number of nitrogens with one attached hydrogen (secondary N) is 2. The Balaban J connectivity index is 1.63. The van der Waals surface area contributed by atoms with Crippen LogP contribution in [-0.2, 0) is 4.79 Å². The average Bonchev–Trinajstić information content (AvgIpc) is 3.28. The van der Waals surface area contributed by atoms with Gasteiger partial charge in [0.15, 0.2) is 0 Å². The van der Waals surface area contributed by atoms with E-state index in [0.29, 0.717) is 21.7 Å². The number of carbonyl (C=O) groups excluding carboxylic acids is 1. The molecule has 1 heterocycles. The van der Waals surface area contributed by atoms with Crippen LogP contribution in [0.4, 0.5) is 10.2 Å². The summed E-state index contributed by atoms with van der Waals surface area (Å²) >= 11 is 3.15. The molecule has 0 unspecified atom stereocenters. The number of amides is 1. The Morgan fingerprint density at radius 2 is 2.19 bits per heavy atom. The fourth-order valence-corrected chi connectivity index (χ4v) is 2.39. The summed E-state index contributed by atoms with van der Waals surface area (Å²) in [6, 6.07) is 6.68. The molecular weight excluding hydrogens is 337 g/mol. The van der Waals surface area contributed by atoms with Crippen molar-refractivity contribution in [3.8, 4) is 0 Å². The van der Waals surface area contributed by atoms with Gasteiger partial charge in [0.1, 0.15) is 11.6 Å². The first kappa shape index (κ1) is 14.3. The minimum Gasteiger partial charge on any atom is -0.361 e. The summed E-state index contributed by atoms with van der Waals surface area (Å²) in [7, 11) is 0. The molecule has 0 atom stereocenters. The quantitative estimate of drug-likeness (QED) is 0.870. The van der Waals surface area contributed by atoms with Crippen molar-refractivity contribution in [1.82, 2.24) is 10.3 Å². The van der Waals surface area contributed by atoms with Crippen LogP contribution in [0, 0.1) is 11.7 Å². The smallest absolute Gasteiger partial charge is 0.239 e. The van der Waals surface area contributed by atoms with Gasteiger partial charge in [-0.2, -0.15) is 0 Å². The maximum absolute atomic E-state index is 13.5. The molecule has 1 fully saturated rings. The highest BCUT2D eigenvalue weighted by atomic mass is 79.9. The van der Waals surface area contributed by atoms with Gasteiger partial charge in [-0.1, -0.05) is 0 Å². The summed E-state index contributed by atoms with van der Waals surface area (Å²) in [6.45, 7) is 0.926. The Morgan fingerprint density at radius 3 is 2.95 bits per heavy atom. The van der Waals surface area contributed by atoms with Crippen molar-refractivity contribution in [3.63, 3.8) is 0 Å². The Hall–Kier alpha value is -1.69. The molecule has 6 heteroatoms. The number of nitrogens with zero attached hydrogens (tertiary/aromatic N) is 1. The molecule has 1 saturated carbocycles. The standard InChI is InChI=1S/C15H15BrFN3O/c16-11-5-10-3-4-14(20-13(10)6-12(11)17)18-8-15(21)19-7-9-1-2-9/h3-6,9H,1-2,7-8H2,(H,18,20)(H,19,21). The lowest BCUT2D eigenvalue weighted by atomic mass is 10.2. The summed E-state index contributed by atoms with van der Waals surface area (Å²) in [4.78, 5) is 15.9. The zero-order chi connectivity index (χ0) is 14.8. The SMILES string of the molecule is O=C(CNc1ccc2cc(Br)c(F)cc2n1)NCC1CC1. The topological polar surface area (TPSA) is 54.0 Å². The molecule has 110 valence electrons. The lowest BCUT2D eigenvalue weighted by Crippen LogP contribution is -2.31. The fourth-order valence-electron chi connectivity index (χ4n) is 2.03. The summed E-state index contributed by atoms with van der Waals surface area (Å²) < 4.78 is 13.9. The first-order valence-corrected chi connectivity index (χ1v) is 7.67. The number of aromatic nitrogens is 1. The maximum atomic E-state index is 13.5. The normalized spacial score (nSPS) is 14.2. The molecule has 3 rings (SSSR count). The number of pyridine rings is 1. The Labute approximate surface area is 130 Å². The predicted octanol–water partition coefficient (Wildman–Crippen LogP) is 3.07. The highest BCUT2D eigenvalue weighted by Crippen LogP contribution is 2.27. The van der Waals surface area contributed by atoms with Crippen LogP contribution in [0.3, 0.4) is 0 Å². The van der Waals surface area contributed by atoms with Crippen molar-refractivity contribution in [2.45, 2.75) is 12.8 Å². The van der Waals surface area contributed by atoms with Gasteiger partial charge in [0.2, 0.25) is 5.91 Å². The molecule has 0 spiro atoms. The summed E-state index contributed by atoms with van der Waals surface area (Å²) in [5, 5.41) is 6.67. The molecule has 1 aromatic carbocycles. The number of rotatable bonds is 5. The van der Waals surface area contributed by atoms with Crippen LogP contribution >= 0.6 is 15.9 Å².